The molecule has 18 atom stereocenters. The smallest absolute Gasteiger partial charge is 0.303 e. The number of hydrogen-bond acceptors (Lipinski definition) is 12. The largest absolute Gasteiger partial charge is 0.457 e. The average molecular weight is 711 g/mol. The number of aliphatic hydroxyl groups excluding tert-OH is 5. The Kier molecular flexibility index (Phi) is 8.63. The van der Waals surface area contributed by atoms with Gasteiger partial charge in [0, 0.05) is 37.2 Å². The average Bonchev–Trinajstić information content (AvgIpc) is 3.70. The Bertz CT molecular complexity index is 1360. The highest BCUT2D eigenvalue weighted by Crippen LogP contribution is 2.89. The highest BCUT2D eigenvalue weighted by Gasteiger charge is 2.88. The number of fused-ring (bicyclic) bond motifs is 4. The molecule has 7 aliphatic rings. The van der Waals surface area contributed by atoms with Crippen molar-refractivity contribution in [2.24, 2.45) is 50.7 Å². The van der Waals surface area contributed by atoms with Crippen molar-refractivity contribution < 1.29 is 59.1 Å². The first-order chi connectivity index (χ1) is 23.1. The zero-order valence-corrected chi connectivity index (χ0v) is 31.3. The Hall–Kier alpha value is -0.930. The van der Waals surface area contributed by atoms with Gasteiger partial charge in [-0.3, -0.25) is 4.79 Å². The number of ether oxygens (including phenoxy) is 5. The van der Waals surface area contributed by atoms with Crippen LogP contribution in [0.4, 0.5) is 0 Å². The van der Waals surface area contributed by atoms with E-state index in [-0.39, 0.29) is 41.1 Å². The summed E-state index contributed by atoms with van der Waals surface area (Å²) in [5.41, 5.74) is -3.14. The molecule has 12 nitrogen and oxygen atoms in total. The molecule has 286 valence electrons. The van der Waals surface area contributed by atoms with Crippen molar-refractivity contribution in [1.82, 2.24) is 0 Å². The number of rotatable bonds is 6. The third kappa shape index (κ3) is 4.56. The molecule has 0 radical (unpaired) electrons. The van der Waals surface area contributed by atoms with E-state index in [9.17, 15) is 35.4 Å². The highest BCUT2D eigenvalue weighted by atomic mass is 16.7. The van der Waals surface area contributed by atoms with Crippen molar-refractivity contribution >= 4 is 5.97 Å². The Labute approximate surface area is 296 Å². The van der Waals surface area contributed by atoms with Gasteiger partial charge in [0.15, 0.2) is 18.2 Å². The van der Waals surface area contributed by atoms with Gasteiger partial charge in [-0.05, 0) is 86.4 Å². The first kappa shape index (κ1) is 37.4. The molecule has 0 aromatic heterocycles. The van der Waals surface area contributed by atoms with Crippen molar-refractivity contribution in [3.8, 4) is 0 Å². The molecule has 2 aliphatic heterocycles. The lowest BCUT2D eigenvalue weighted by atomic mass is 9.41. The number of aliphatic hydroxyl groups is 6. The lowest BCUT2D eigenvalue weighted by Gasteiger charge is -2.64. The fraction of sp³-hybridized carbons (Fsp3) is 0.974. The molecule has 12 heteroatoms. The molecular weight excluding hydrogens is 648 g/mol. The summed E-state index contributed by atoms with van der Waals surface area (Å²) in [4.78, 5) is 12.3. The molecule has 2 heterocycles. The topological polar surface area (TPSA) is 185 Å². The molecule has 7 fully saturated rings. The molecule has 6 N–H and O–H groups in total. The number of carbonyl (C=O) groups is 1. The summed E-state index contributed by atoms with van der Waals surface area (Å²) in [6, 6.07) is 0. The van der Waals surface area contributed by atoms with Gasteiger partial charge >= 0.3 is 5.97 Å². The minimum atomic E-state index is -1.87. The zero-order valence-electron chi connectivity index (χ0n) is 31.3. The van der Waals surface area contributed by atoms with Crippen LogP contribution in [0.15, 0.2) is 0 Å². The molecule has 0 bridgehead atoms. The lowest BCUT2D eigenvalue weighted by Crippen LogP contribution is -2.64. The van der Waals surface area contributed by atoms with E-state index in [0.29, 0.717) is 12.8 Å². The van der Waals surface area contributed by atoms with Gasteiger partial charge in [-0.2, -0.15) is 0 Å². The maximum absolute atomic E-state index is 12.7. The molecule has 50 heavy (non-hydrogen) atoms. The van der Waals surface area contributed by atoms with E-state index >= 15 is 0 Å². The molecule has 5 saturated carbocycles. The SMILES string of the molecule is COC(C)(C)[C@@H](OC(C)=O)[C@H]1C[C@@H](C)[C@H]2[C@](O)(O1)[C@H](O)[C@@]1(C)[C@@H]3CC[C@H]4C(C)(C)[C@@H](O[C@@H]5OC[C@@H](O)[C@H](O)[C@H]5O)C[C@H](O)[C@@]45C[C@@]35CC[C@]21C. The molecule has 2 spiro atoms. The van der Waals surface area contributed by atoms with Gasteiger partial charge in [-0.15, -0.1) is 0 Å². The third-order valence-electron chi connectivity index (χ3n) is 16.4. The predicted octanol–water partition coefficient (Wildman–Crippen LogP) is 2.27. The molecular formula is C38H62O12. The number of methoxy groups -OCH3 is 1. The van der Waals surface area contributed by atoms with Crippen LogP contribution in [0, 0.1) is 50.7 Å². The van der Waals surface area contributed by atoms with Gasteiger partial charge in [0.2, 0.25) is 0 Å². The first-order valence-electron chi connectivity index (χ1n) is 18.9. The van der Waals surface area contributed by atoms with Crippen LogP contribution in [-0.2, 0) is 28.5 Å². The molecule has 0 amide bonds. The van der Waals surface area contributed by atoms with Gasteiger partial charge in [-0.1, -0.05) is 34.6 Å². The molecule has 0 aromatic rings. The van der Waals surface area contributed by atoms with Crippen LogP contribution in [-0.4, -0.2) is 117 Å². The summed E-state index contributed by atoms with van der Waals surface area (Å²) in [6.45, 7) is 15.7. The summed E-state index contributed by atoms with van der Waals surface area (Å²) < 4.78 is 30.2. The maximum atomic E-state index is 12.7. The van der Waals surface area contributed by atoms with Crippen LogP contribution in [0.2, 0.25) is 0 Å². The molecule has 0 aromatic carbocycles. The van der Waals surface area contributed by atoms with E-state index in [1.54, 1.807) is 7.11 Å². The van der Waals surface area contributed by atoms with E-state index < -0.39 is 88.7 Å². The molecule has 0 unspecified atom stereocenters. The van der Waals surface area contributed by atoms with E-state index in [1.165, 1.54) is 6.92 Å². The summed E-state index contributed by atoms with van der Waals surface area (Å²) >= 11 is 0. The second-order valence-corrected chi connectivity index (χ2v) is 19.0. The van der Waals surface area contributed by atoms with Crippen LogP contribution in [0.5, 0.6) is 0 Å². The van der Waals surface area contributed by atoms with E-state index in [2.05, 4.69) is 34.6 Å². The van der Waals surface area contributed by atoms with Gasteiger partial charge in [-0.25, -0.2) is 0 Å². The minimum Gasteiger partial charge on any atom is -0.457 e. The van der Waals surface area contributed by atoms with E-state index in [0.717, 1.165) is 32.1 Å². The summed E-state index contributed by atoms with van der Waals surface area (Å²) in [7, 11) is 1.56. The predicted molar refractivity (Wildman–Crippen MR) is 178 cm³/mol. The Morgan fingerprint density at radius 1 is 0.960 bits per heavy atom. The van der Waals surface area contributed by atoms with Crippen molar-refractivity contribution in [2.75, 3.05) is 13.7 Å². The fourth-order valence-corrected chi connectivity index (χ4v) is 13.9. The van der Waals surface area contributed by atoms with E-state index in [4.69, 9.17) is 23.7 Å². The number of carbonyl (C=O) groups excluding carboxylic acids is 1. The summed E-state index contributed by atoms with van der Waals surface area (Å²) in [5.74, 6) is -2.65. The van der Waals surface area contributed by atoms with Gasteiger partial charge < -0.3 is 54.3 Å². The summed E-state index contributed by atoms with van der Waals surface area (Å²) in [5, 5.41) is 68.4. The van der Waals surface area contributed by atoms with Crippen LogP contribution >= 0.6 is 0 Å². The monoisotopic (exact) mass is 710 g/mol. The molecule has 5 aliphatic carbocycles. The zero-order chi connectivity index (χ0) is 36.8. The Morgan fingerprint density at radius 3 is 2.26 bits per heavy atom. The Balaban J connectivity index is 1.19. The van der Waals surface area contributed by atoms with Crippen LogP contribution < -0.4 is 0 Å². The summed E-state index contributed by atoms with van der Waals surface area (Å²) in [6.07, 6.45) is -4.03. The van der Waals surface area contributed by atoms with Crippen molar-refractivity contribution in [3.63, 3.8) is 0 Å². The highest BCUT2D eigenvalue weighted by molar-refractivity contribution is 5.66. The van der Waals surface area contributed by atoms with Gasteiger partial charge in [0.05, 0.1) is 18.8 Å². The second kappa shape index (κ2) is 11.5. The minimum absolute atomic E-state index is 0.0200. The van der Waals surface area contributed by atoms with Crippen molar-refractivity contribution in [3.05, 3.63) is 0 Å². The van der Waals surface area contributed by atoms with Crippen molar-refractivity contribution in [2.45, 2.75) is 167 Å². The molecule has 7 rings (SSSR count). The standard InChI is InChI=1S/C38H62O12/c1-18-14-21(29(48-19(2)39)33(5,6)46-9)50-38(45)28(18)34(7)12-13-36-17-37(36)22(10-11-23(36)35(34,8)31(38)44)32(3,4)25(15-24(37)41)49-30-27(43)26(42)20(40)16-47-30/h18,20-31,40-45H,10-17H2,1-9H3/t18-,20-,21-,22+,23+,24+,25+,26+,27-,28-,29+,30+,31-,34-,35-,36+,37-,38+/m1/s1. The van der Waals surface area contributed by atoms with Crippen LogP contribution in [0.3, 0.4) is 0 Å². The van der Waals surface area contributed by atoms with Gasteiger partial charge in [0.1, 0.15) is 36.1 Å². The maximum Gasteiger partial charge on any atom is 0.303 e. The Morgan fingerprint density at radius 2 is 1.62 bits per heavy atom. The lowest BCUT2D eigenvalue weighted by molar-refractivity contribution is -0.343. The second-order valence-electron chi connectivity index (χ2n) is 19.0. The fourth-order valence-electron chi connectivity index (χ4n) is 13.9. The van der Waals surface area contributed by atoms with E-state index in [1.807, 2.05) is 13.8 Å². The third-order valence-corrected chi connectivity index (χ3v) is 16.4. The molecule has 2 saturated heterocycles. The quantitative estimate of drug-likeness (QED) is 0.175. The first-order valence-corrected chi connectivity index (χ1v) is 18.9. The van der Waals surface area contributed by atoms with Gasteiger partial charge in [0.25, 0.3) is 0 Å². The number of hydrogen-bond donors (Lipinski definition) is 6. The number of esters is 1. The van der Waals surface area contributed by atoms with Crippen LogP contribution in [0.25, 0.3) is 0 Å². The van der Waals surface area contributed by atoms with Crippen molar-refractivity contribution in [1.29, 1.82) is 0 Å². The normalized spacial score (nSPS) is 55.8. The van der Waals surface area contributed by atoms with Crippen LogP contribution in [0.1, 0.15) is 100 Å².